The SMILES string of the molecule is CCC(CC)(CO)CNc1ncc(Br)cc1C. The number of nitrogens with one attached hydrogen (secondary N) is 1. The molecule has 1 rings (SSSR count). The van der Waals surface area contributed by atoms with Gasteiger partial charge in [0.25, 0.3) is 0 Å². The van der Waals surface area contributed by atoms with Crippen LogP contribution in [0.4, 0.5) is 5.82 Å². The Kier molecular flexibility index (Phi) is 5.40. The topological polar surface area (TPSA) is 45.1 Å². The summed E-state index contributed by atoms with van der Waals surface area (Å²) in [5, 5.41) is 12.8. The average Bonchev–Trinajstić information content (AvgIpc) is 2.33. The average molecular weight is 301 g/mol. The molecule has 1 heterocycles. The summed E-state index contributed by atoms with van der Waals surface area (Å²) in [4.78, 5) is 4.34. The van der Waals surface area contributed by atoms with Crippen molar-refractivity contribution in [2.75, 3.05) is 18.5 Å². The highest BCUT2D eigenvalue weighted by atomic mass is 79.9. The van der Waals surface area contributed by atoms with Gasteiger partial charge in [0.15, 0.2) is 0 Å². The molecule has 0 spiro atoms. The zero-order chi connectivity index (χ0) is 12.9. The minimum absolute atomic E-state index is 0.0405. The lowest BCUT2D eigenvalue weighted by molar-refractivity contribution is 0.127. The third kappa shape index (κ3) is 3.68. The van der Waals surface area contributed by atoms with Crippen molar-refractivity contribution >= 4 is 21.7 Å². The van der Waals surface area contributed by atoms with E-state index in [0.717, 1.165) is 35.2 Å². The van der Waals surface area contributed by atoms with Crippen molar-refractivity contribution in [3.05, 3.63) is 22.3 Å². The van der Waals surface area contributed by atoms with Crippen LogP contribution in [0.15, 0.2) is 16.7 Å². The molecule has 0 bridgehead atoms. The number of nitrogens with zero attached hydrogens (tertiary/aromatic N) is 1. The maximum Gasteiger partial charge on any atom is 0.128 e. The van der Waals surface area contributed by atoms with Crippen LogP contribution in [-0.4, -0.2) is 23.2 Å². The fourth-order valence-corrected chi connectivity index (χ4v) is 2.22. The Balaban J connectivity index is 2.72. The zero-order valence-electron chi connectivity index (χ0n) is 10.8. The molecule has 2 N–H and O–H groups in total. The fourth-order valence-electron chi connectivity index (χ4n) is 1.78. The molecule has 0 aromatic carbocycles. The quantitative estimate of drug-likeness (QED) is 0.847. The lowest BCUT2D eigenvalue weighted by Gasteiger charge is -2.30. The van der Waals surface area contributed by atoms with E-state index < -0.39 is 0 Å². The van der Waals surface area contributed by atoms with Gasteiger partial charge < -0.3 is 10.4 Å². The highest BCUT2D eigenvalue weighted by Crippen LogP contribution is 2.26. The summed E-state index contributed by atoms with van der Waals surface area (Å²) in [6, 6.07) is 2.04. The van der Waals surface area contributed by atoms with Gasteiger partial charge >= 0.3 is 0 Å². The lowest BCUT2D eigenvalue weighted by Crippen LogP contribution is -2.32. The number of anilines is 1. The third-order valence-electron chi connectivity index (χ3n) is 3.51. The number of aryl methyl sites for hydroxylation is 1. The van der Waals surface area contributed by atoms with Crippen LogP contribution in [0.5, 0.6) is 0 Å². The van der Waals surface area contributed by atoms with Crippen LogP contribution in [0.2, 0.25) is 0 Å². The summed E-state index contributed by atoms with van der Waals surface area (Å²) in [5.74, 6) is 0.896. The molecule has 17 heavy (non-hydrogen) atoms. The monoisotopic (exact) mass is 300 g/mol. The van der Waals surface area contributed by atoms with E-state index >= 15 is 0 Å². The van der Waals surface area contributed by atoms with E-state index in [1.165, 1.54) is 0 Å². The maximum atomic E-state index is 9.50. The molecular formula is C13H21BrN2O. The highest BCUT2D eigenvalue weighted by molar-refractivity contribution is 9.10. The molecule has 0 saturated heterocycles. The number of aliphatic hydroxyl groups excluding tert-OH is 1. The second-order valence-electron chi connectivity index (χ2n) is 4.54. The summed E-state index contributed by atoms with van der Waals surface area (Å²) in [6.45, 7) is 7.22. The molecule has 1 aromatic rings. The van der Waals surface area contributed by atoms with Gasteiger partial charge in [-0.1, -0.05) is 13.8 Å². The molecule has 0 saturated carbocycles. The van der Waals surface area contributed by atoms with Crippen LogP contribution in [0, 0.1) is 12.3 Å². The molecule has 0 unspecified atom stereocenters. The normalized spacial score (nSPS) is 11.6. The first-order valence-electron chi connectivity index (χ1n) is 6.04. The lowest BCUT2D eigenvalue weighted by atomic mass is 9.83. The highest BCUT2D eigenvalue weighted by Gasteiger charge is 2.25. The standard InChI is InChI=1S/C13H21BrN2O/c1-4-13(5-2,9-17)8-16-12-10(3)6-11(14)7-15-12/h6-7,17H,4-5,8-9H2,1-3H3,(H,15,16). The predicted octanol–water partition coefficient (Wildman–Crippen LogP) is 3.36. The first kappa shape index (κ1) is 14.5. The minimum Gasteiger partial charge on any atom is -0.396 e. The first-order valence-corrected chi connectivity index (χ1v) is 6.83. The molecule has 0 radical (unpaired) electrons. The van der Waals surface area contributed by atoms with Gasteiger partial charge in [-0.2, -0.15) is 0 Å². The Bertz CT molecular complexity index is 356. The molecule has 96 valence electrons. The van der Waals surface area contributed by atoms with E-state index in [4.69, 9.17) is 0 Å². The molecular weight excluding hydrogens is 280 g/mol. The Morgan fingerprint density at radius 3 is 2.53 bits per heavy atom. The van der Waals surface area contributed by atoms with E-state index in [0.29, 0.717) is 0 Å². The number of rotatable bonds is 6. The van der Waals surface area contributed by atoms with E-state index in [1.807, 2.05) is 13.0 Å². The second kappa shape index (κ2) is 6.36. The number of halogens is 1. The van der Waals surface area contributed by atoms with E-state index in [-0.39, 0.29) is 12.0 Å². The molecule has 3 nitrogen and oxygen atoms in total. The van der Waals surface area contributed by atoms with Crippen LogP contribution in [0.3, 0.4) is 0 Å². The van der Waals surface area contributed by atoms with Gasteiger partial charge in [-0.15, -0.1) is 0 Å². The van der Waals surface area contributed by atoms with E-state index in [2.05, 4.69) is 40.1 Å². The number of aliphatic hydroxyl groups is 1. The zero-order valence-corrected chi connectivity index (χ0v) is 12.3. The fraction of sp³-hybridized carbons (Fsp3) is 0.615. The van der Waals surface area contributed by atoms with Crippen molar-refractivity contribution in [1.82, 2.24) is 4.98 Å². The molecule has 1 aromatic heterocycles. The van der Waals surface area contributed by atoms with Crippen molar-refractivity contribution in [1.29, 1.82) is 0 Å². The molecule has 0 aliphatic rings. The Labute approximate surface area is 112 Å². The van der Waals surface area contributed by atoms with Crippen molar-refractivity contribution in [3.63, 3.8) is 0 Å². The van der Waals surface area contributed by atoms with Crippen LogP contribution in [0.1, 0.15) is 32.3 Å². The van der Waals surface area contributed by atoms with E-state index in [9.17, 15) is 5.11 Å². The van der Waals surface area contributed by atoms with Gasteiger partial charge in [-0.25, -0.2) is 4.98 Å². The Morgan fingerprint density at radius 1 is 1.41 bits per heavy atom. The van der Waals surface area contributed by atoms with Gasteiger partial charge in [-0.3, -0.25) is 0 Å². The number of hydrogen-bond donors (Lipinski definition) is 2. The summed E-state index contributed by atoms with van der Waals surface area (Å²) in [5.41, 5.74) is 1.07. The molecule has 4 heteroatoms. The molecule has 0 aliphatic heterocycles. The molecule has 0 fully saturated rings. The van der Waals surface area contributed by atoms with Crippen LogP contribution in [0.25, 0.3) is 0 Å². The number of pyridine rings is 1. The number of aromatic nitrogens is 1. The summed E-state index contributed by atoms with van der Waals surface area (Å²) < 4.78 is 0.986. The Hall–Kier alpha value is -0.610. The maximum absolute atomic E-state index is 9.50. The summed E-state index contributed by atoms with van der Waals surface area (Å²) >= 11 is 3.40. The van der Waals surface area contributed by atoms with Crippen molar-refractivity contribution < 1.29 is 5.11 Å². The van der Waals surface area contributed by atoms with Crippen molar-refractivity contribution in [2.24, 2.45) is 5.41 Å². The molecule has 0 aliphatic carbocycles. The predicted molar refractivity (Wildman–Crippen MR) is 75.3 cm³/mol. The summed E-state index contributed by atoms with van der Waals surface area (Å²) in [6.07, 6.45) is 3.71. The van der Waals surface area contributed by atoms with Crippen LogP contribution >= 0.6 is 15.9 Å². The second-order valence-corrected chi connectivity index (χ2v) is 5.45. The number of hydrogen-bond acceptors (Lipinski definition) is 3. The molecule has 0 atom stereocenters. The van der Waals surface area contributed by atoms with E-state index in [1.54, 1.807) is 6.20 Å². The Morgan fingerprint density at radius 2 is 2.06 bits per heavy atom. The van der Waals surface area contributed by atoms with Gasteiger partial charge in [0.1, 0.15) is 5.82 Å². The minimum atomic E-state index is -0.0405. The van der Waals surface area contributed by atoms with Gasteiger partial charge in [-0.05, 0) is 47.3 Å². The van der Waals surface area contributed by atoms with Gasteiger partial charge in [0.2, 0.25) is 0 Å². The van der Waals surface area contributed by atoms with Crippen LogP contribution in [-0.2, 0) is 0 Å². The van der Waals surface area contributed by atoms with Gasteiger partial charge in [0, 0.05) is 22.6 Å². The first-order chi connectivity index (χ1) is 8.06. The van der Waals surface area contributed by atoms with Crippen molar-refractivity contribution in [2.45, 2.75) is 33.6 Å². The largest absolute Gasteiger partial charge is 0.396 e. The van der Waals surface area contributed by atoms with Crippen molar-refractivity contribution in [3.8, 4) is 0 Å². The van der Waals surface area contributed by atoms with Crippen LogP contribution < -0.4 is 5.32 Å². The smallest absolute Gasteiger partial charge is 0.128 e. The third-order valence-corrected chi connectivity index (χ3v) is 3.94. The summed E-state index contributed by atoms with van der Waals surface area (Å²) in [7, 11) is 0. The molecule has 0 amide bonds. The van der Waals surface area contributed by atoms with Gasteiger partial charge in [0.05, 0.1) is 6.61 Å².